The maximum absolute atomic E-state index is 11.9. The van der Waals surface area contributed by atoms with Crippen molar-refractivity contribution in [3.05, 3.63) is 29.8 Å². The zero-order valence-electron chi connectivity index (χ0n) is 9.49. The van der Waals surface area contributed by atoms with Gasteiger partial charge in [-0.25, -0.2) is 0 Å². The van der Waals surface area contributed by atoms with Crippen LogP contribution in [-0.4, -0.2) is 30.0 Å². The van der Waals surface area contributed by atoms with E-state index >= 15 is 0 Å². The second kappa shape index (κ2) is 5.72. The van der Waals surface area contributed by atoms with Crippen LogP contribution in [0, 0.1) is 0 Å². The van der Waals surface area contributed by atoms with Gasteiger partial charge >= 0.3 is 6.36 Å². The lowest BCUT2D eigenvalue weighted by Gasteiger charge is -2.11. The summed E-state index contributed by atoms with van der Waals surface area (Å²) in [6.07, 6.45) is -4.75. The number of halogens is 3. The van der Waals surface area contributed by atoms with Crippen molar-refractivity contribution >= 4 is 5.91 Å². The molecule has 1 aromatic carbocycles. The van der Waals surface area contributed by atoms with Crippen molar-refractivity contribution in [1.29, 1.82) is 0 Å². The first-order valence-electron chi connectivity index (χ1n) is 5.09. The minimum Gasteiger partial charge on any atom is -0.406 e. The molecule has 1 aromatic rings. The van der Waals surface area contributed by atoms with Crippen LogP contribution >= 0.6 is 0 Å². The van der Waals surface area contributed by atoms with Gasteiger partial charge in [-0.15, -0.1) is 13.2 Å². The molecule has 0 radical (unpaired) electrons. The Morgan fingerprint density at radius 2 is 1.94 bits per heavy atom. The van der Waals surface area contributed by atoms with E-state index in [1.807, 2.05) is 0 Å². The van der Waals surface area contributed by atoms with Gasteiger partial charge in [-0.3, -0.25) is 4.79 Å². The van der Waals surface area contributed by atoms with E-state index in [-0.39, 0.29) is 12.2 Å². The summed E-state index contributed by atoms with van der Waals surface area (Å²) in [5, 5.41) is 11.2. The summed E-state index contributed by atoms with van der Waals surface area (Å²) in [5.74, 6) is -0.871. The number of benzene rings is 1. The molecular weight excluding hydrogens is 251 g/mol. The minimum absolute atomic E-state index is 0.185. The molecule has 0 spiro atoms. The van der Waals surface area contributed by atoms with Crippen molar-refractivity contribution in [2.75, 3.05) is 6.61 Å². The maximum atomic E-state index is 11.9. The summed E-state index contributed by atoms with van der Waals surface area (Å²) in [6.45, 7) is 1.38. The number of rotatable bonds is 4. The van der Waals surface area contributed by atoms with Crippen LogP contribution in [0.4, 0.5) is 13.2 Å². The SMILES string of the molecule is CC(CO)NC(=O)c1ccc(OC(F)(F)F)cc1. The third-order valence-corrected chi connectivity index (χ3v) is 2.00. The fourth-order valence-electron chi connectivity index (χ4n) is 1.16. The number of hydrogen-bond donors (Lipinski definition) is 2. The zero-order chi connectivity index (χ0) is 13.8. The number of alkyl halides is 3. The highest BCUT2D eigenvalue weighted by Gasteiger charge is 2.31. The molecule has 0 aliphatic rings. The molecule has 1 amide bonds. The summed E-state index contributed by atoms with van der Waals surface area (Å²) in [7, 11) is 0. The Labute approximate surface area is 101 Å². The van der Waals surface area contributed by atoms with Crippen molar-refractivity contribution in [1.82, 2.24) is 5.32 Å². The van der Waals surface area contributed by atoms with Gasteiger partial charge in [-0.1, -0.05) is 0 Å². The van der Waals surface area contributed by atoms with Gasteiger partial charge in [0.05, 0.1) is 6.61 Å². The largest absolute Gasteiger partial charge is 0.573 e. The molecule has 0 aromatic heterocycles. The number of hydrogen-bond acceptors (Lipinski definition) is 3. The summed E-state index contributed by atoms with van der Waals surface area (Å²) in [5.41, 5.74) is 0.185. The van der Waals surface area contributed by atoms with E-state index in [1.54, 1.807) is 6.92 Å². The zero-order valence-corrected chi connectivity index (χ0v) is 9.49. The van der Waals surface area contributed by atoms with Gasteiger partial charge in [0.1, 0.15) is 5.75 Å². The van der Waals surface area contributed by atoms with Crippen molar-refractivity contribution in [2.24, 2.45) is 0 Å². The third kappa shape index (κ3) is 4.62. The lowest BCUT2D eigenvalue weighted by atomic mass is 10.2. The van der Waals surface area contributed by atoms with Crippen LogP contribution in [-0.2, 0) is 0 Å². The Morgan fingerprint density at radius 1 is 1.39 bits per heavy atom. The molecule has 0 heterocycles. The van der Waals surface area contributed by atoms with Gasteiger partial charge < -0.3 is 15.2 Å². The lowest BCUT2D eigenvalue weighted by molar-refractivity contribution is -0.274. The summed E-state index contributed by atoms with van der Waals surface area (Å²) in [4.78, 5) is 11.5. The number of aliphatic hydroxyl groups is 1. The molecule has 0 fully saturated rings. The van der Waals surface area contributed by atoms with Crippen LogP contribution < -0.4 is 10.1 Å². The summed E-state index contributed by atoms with van der Waals surface area (Å²) >= 11 is 0. The topological polar surface area (TPSA) is 58.6 Å². The predicted molar refractivity (Wildman–Crippen MR) is 57.1 cm³/mol. The Kier molecular flexibility index (Phi) is 4.55. The highest BCUT2D eigenvalue weighted by molar-refractivity contribution is 5.94. The van der Waals surface area contributed by atoms with Gasteiger partial charge in [0.25, 0.3) is 5.91 Å². The van der Waals surface area contributed by atoms with Gasteiger partial charge in [-0.2, -0.15) is 0 Å². The smallest absolute Gasteiger partial charge is 0.406 e. The van der Waals surface area contributed by atoms with Crippen LogP contribution in [0.25, 0.3) is 0 Å². The molecular formula is C11H12F3NO3. The molecule has 18 heavy (non-hydrogen) atoms. The first-order chi connectivity index (χ1) is 8.31. The number of carbonyl (C=O) groups excluding carboxylic acids is 1. The lowest BCUT2D eigenvalue weighted by Crippen LogP contribution is -2.34. The van der Waals surface area contributed by atoms with Crippen molar-refractivity contribution in [3.8, 4) is 5.75 Å². The first kappa shape index (κ1) is 14.3. The highest BCUT2D eigenvalue weighted by atomic mass is 19.4. The molecule has 2 N–H and O–H groups in total. The van der Waals surface area contributed by atoms with Crippen molar-refractivity contribution in [3.63, 3.8) is 0 Å². The molecule has 100 valence electrons. The maximum Gasteiger partial charge on any atom is 0.573 e. The number of aliphatic hydroxyl groups excluding tert-OH is 1. The average Bonchev–Trinajstić information content (AvgIpc) is 2.27. The quantitative estimate of drug-likeness (QED) is 0.869. The van der Waals surface area contributed by atoms with E-state index in [4.69, 9.17) is 5.11 Å². The molecule has 1 rings (SSSR count). The second-order valence-electron chi connectivity index (χ2n) is 3.63. The average molecular weight is 263 g/mol. The van der Waals surface area contributed by atoms with E-state index in [2.05, 4.69) is 10.1 Å². The molecule has 1 atom stereocenters. The van der Waals surface area contributed by atoms with Gasteiger partial charge in [0.15, 0.2) is 0 Å². The number of nitrogens with one attached hydrogen (secondary N) is 1. The molecule has 0 aliphatic carbocycles. The third-order valence-electron chi connectivity index (χ3n) is 2.00. The summed E-state index contributed by atoms with van der Waals surface area (Å²) in [6, 6.07) is 4.09. The number of amides is 1. The fraction of sp³-hybridized carbons (Fsp3) is 0.364. The molecule has 1 unspecified atom stereocenters. The number of carbonyl (C=O) groups is 1. The van der Waals surface area contributed by atoms with Crippen LogP contribution in [0.3, 0.4) is 0 Å². The standard InChI is InChI=1S/C11H12F3NO3/c1-7(6-16)15-10(17)8-2-4-9(5-3-8)18-11(12,13)14/h2-5,7,16H,6H2,1H3,(H,15,17). The van der Waals surface area contributed by atoms with E-state index in [9.17, 15) is 18.0 Å². The monoisotopic (exact) mass is 263 g/mol. The van der Waals surface area contributed by atoms with Crippen LogP contribution in [0.1, 0.15) is 17.3 Å². The second-order valence-corrected chi connectivity index (χ2v) is 3.63. The van der Waals surface area contributed by atoms with Gasteiger partial charge in [-0.05, 0) is 31.2 Å². The van der Waals surface area contributed by atoms with E-state index in [0.29, 0.717) is 0 Å². The highest BCUT2D eigenvalue weighted by Crippen LogP contribution is 2.22. The Hall–Kier alpha value is -1.76. The van der Waals surface area contributed by atoms with Crippen molar-refractivity contribution in [2.45, 2.75) is 19.3 Å². The molecule has 0 aliphatic heterocycles. The fourth-order valence-corrected chi connectivity index (χ4v) is 1.16. The molecule has 0 saturated carbocycles. The van der Waals surface area contributed by atoms with E-state index < -0.39 is 24.1 Å². The van der Waals surface area contributed by atoms with Gasteiger partial charge in [0.2, 0.25) is 0 Å². The van der Waals surface area contributed by atoms with Gasteiger partial charge in [0, 0.05) is 11.6 Å². The van der Waals surface area contributed by atoms with E-state index in [0.717, 1.165) is 12.1 Å². The number of ether oxygens (including phenoxy) is 1. The molecule has 0 bridgehead atoms. The van der Waals surface area contributed by atoms with Crippen LogP contribution in [0.5, 0.6) is 5.75 Å². The first-order valence-corrected chi connectivity index (χ1v) is 5.09. The van der Waals surface area contributed by atoms with Crippen LogP contribution in [0.2, 0.25) is 0 Å². The Morgan fingerprint density at radius 3 is 2.39 bits per heavy atom. The normalized spacial score (nSPS) is 12.9. The summed E-state index contributed by atoms with van der Waals surface area (Å²) < 4.78 is 39.3. The van der Waals surface area contributed by atoms with E-state index in [1.165, 1.54) is 12.1 Å². The Balaban J connectivity index is 2.68. The van der Waals surface area contributed by atoms with Crippen molar-refractivity contribution < 1.29 is 27.8 Å². The molecule has 0 saturated heterocycles. The molecule has 7 heteroatoms. The molecule has 4 nitrogen and oxygen atoms in total. The predicted octanol–water partition coefficient (Wildman–Crippen LogP) is 1.70. The Bertz CT molecular complexity index is 403. The van der Waals surface area contributed by atoms with Crippen LogP contribution in [0.15, 0.2) is 24.3 Å². The minimum atomic E-state index is -4.75.